The number of rotatable bonds is 3. The van der Waals surface area contributed by atoms with Gasteiger partial charge in [-0.15, -0.1) is 36.4 Å². The Morgan fingerprint density at radius 2 is 1.96 bits per heavy atom. The highest BCUT2D eigenvalue weighted by Gasteiger charge is 2.72. The summed E-state index contributed by atoms with van der Waals surface area (Å²) in [5, 5.41) is 10.3. The second-order valence-corrected chi connectivity index (χ2v) is 7.74. The zero-order chi connectivity index (χ0) is 21.1. The predicted octanol–water partition coefficient (Wildman–Crippen LogP) is 3.84. The van der Waals surface area contributed by atoms with Crippen LogP contribution in [0.1, 0.15) is 17.9 Å². The lowest BCUT2D eigenvalue weighted by molar-refractivity contribution is -0.274. The Bertz CT molecular complexity index is 917. The maximum absolute atomic E-state index is 12.9. The third kappa shape index (κ3) is 2.78. The predicted molar refractivity (Wildman–Crippen MR) is 95.4 cm³/mol. The van der Waals surface area contributed by atoms with Crippen molar-refractivity contribution in [3.05, 3.63) is 48.1 Å². The third-order valence-corrected chi connectivity index (χ3v) is 6.38. The van der Waals surface area contributed by atoms with Crippen molar-refractivity contribution in [3.63, 3.8) is 0 Å². The van der Waals surface area contributed by atoms with E-state index < -0.39 is 45.3 Å². The number of nitrogens with zero attached hydrogens (tertiary/aromatic N) is 1. The maximum Gasteiger partial charge on any atom is 0.573 e. The van der Waals surface area contributed by atoms with Crippen molar-refractivity contribution < 1.29 is 32.6 Å². The summed E-state index contributed by atoms with van der Waals surface area (Å²) in [5.74, 6) is -3.87. The lowest BCUT2D eigenvalue weighted by atomic mass is 9.68. The highest BCUT2D eigenvalue weighted by Crippen LogP contribution is 2.60. The number of hydrogen-bond acceptors (Lipinski definition) is 4. The standard InChI is InChI=1S/C18H14Cl2F3NO4/c1-3-9-6-7-16(19)14(26)24(2)15(27)17(16,20)13(9)11-8-10(4-5-12(11)25)28-18(21,22)23/h3-6,8,13,25H,1,7H2,2H3. The van der Waals surface area contributed by atoms with Crippen LogP contribution in [0, 0.1) is 0 Å². The van der Waals surface area contributed by atoms with Crippen molar-refractivity contribution in [3.8, 4) is 11.5 Å². The number of halogens is 5. The molecule has 3 atom stereocenters. The van der Waals surface area contributed by atoms with Gasteiger partial charge in [0.1, 0.15) is 11.5 Å². The van der Waals surface area contributed by atoms with E-state index in [-0.39, 0.29) is 12.0 Å². The Morgan fingerprint density at radius 3 is 2.54 bits per heavy atom. The molecular weight excluding hydrogens is 422 g/mol. The van der Waals surface area contributed by atoms with Gasteiger partial charge < -0.3 is 9.84 Å². The molecule has 3 unspecified atom stereocenters. The van der Waals surface area contributed by atoms with Gasteiger partial charge in [-0.1, -0.05) is 18.7 Å². The first-order valence-electron chi connectivity index (χ1n) is 7.98. The summed E-state index contributed by atoms with van der Waals surface area (Å²) in [6.45, 7) is 3.63. The lowest BCUT2D eigenvalue weighted by Crippen LogP contribution is -2.54. The third-order valence-electron chi connectivity index (χ3n) is 4.97. The number of aromatic hydroxyl groups is 1. The average molecular weight is 436 g/mol. The fraction of sp³-hybridized carbons (Fsp3) is 0.333. The minimum Gasteiger partial charge on any atom is -0.508 e. The van der Waals surface area contributed by atoms with E-state index in [2.05, 4.69) is 11.3 Å². The summed E-state index contributed by atoms with van der Waals surface area (Å²) in [6, 6.07) is 2.80. The monoisotopic (exact) mass is 435 g/mol. The second-order valence-electron chi connectivity index (χ2n) is 6.50. The molecule has 1 saturated heterocycles. The summed E-state index contributed by atoms with van der Waals surface area (Å²) in [7, 11) is 1.21. The van der Waals surface area contributed by atoms with Crippen molar-refractivity contribution in [1.82, 2.24) is 4.90 Å². The number of carbonyl (C=O) groups excluding carboxylic acids is 2. The number of imide groups is 1. The molecule has 1 heterocycles. The van der Waals surface area contributed by atoms with E-state index in [0.29, 0.717) is 5.57 Å². The van der Waals surface area contributed by atoms with E-state index in [1.54, 1.807) is 0 Å². The highest BCUT2D eigenvalue weighted by atomic mass is 35.5. The Kier molecular flexibility index (Phi) is 4.71. The molecule has 1 aliphatic heterocycles. The Hall–Kier alpha value is -2.19. The van der Waals surface area contributed by atoms with Crippen LogP contribution in [0.2, 0.25) is 0 Å². The average Bonchev–Trinajstić information content (AvgIpc) is 2.74. The molecule has 1 fully saturated rings. The van der Waals surface area contributed by atoms with E-state index in [9.17, 15) is 27.9 Å². The molecule has 1 aromatic rings. The molecule has 0 saturated carbocycles. The van der Waals surface area contributed by atoms with Gasteiger partial charge in [0.15, 0.2) is 9.75 Å². The number of phenols is 1. The number of likely N-dealkylation sites (tertiary alicyclic amines) is 1. The highest BCUT2D eigenvalue weighted by molar-refractivity contribution is 6.53. The van der Waals surface area contributed by atoms with Crippen LogP contribution in [0.4, 0.5) is 13.2 Å². The molecular formula is C18H14Cl2F3NO4. The van der Waals surface area contributed by atoms with Crippen molar-refractivity contribution >= 4 is 35.0 Å². The maximum atomic E-state index is 12.9. The minimum absolute atomic E-state index is 0.0929. The van der Waals surface area contributed by atoms with E-state index in [1.807, 2.05) is 0 Å². The summed E-state index contributed by atoms with van der Waals surface area (Å²) in [4.78, 5) is 22.3. The van der Waals surface area contributed by atoms with Crippen LogP contribution in [0.15, 0.2) is 42.5 Å². The van der Waals surface area contributed by atoms with Crippen molar-refractivity contribution in [1.29, 1.82) is 0 Å². The summed E-state index contributed by atoms with van der Waals surface area (Å²) >= 11 is 13.2. The fourth-order valence-corrected chi connectivity index (χ4v) is 4.60. The van der Waals surface area contributed by atoms with Crippen molar-refractivity contribution in [2.45, 2.75) is 28.4 Å². The van der Waals surface area contributed by atoms with Crippen LogP contribution >= 0.6 is 23.2 Å². The van der Waals surface area contributed by atoms with Gasteiger partial charge in [0, 0.05) is 18.5 Å². The minimum atomic E-state index is -4.97. The fourth-order valence-electron chi connectivity index (χ4n) is 3.68. The molecule has 2 amide bonds. The zero-order valence-corrected chi connectivity index (χ0v) is 15.9. The summed E-state index contributed by atoms with van der Waals surface area (Å²) in [6.07, 6.45) is -2.19. The molecule has 0 radical (unpaired) electrons. The van der Waals surface area contributed by atoms with Gasteiger partial charge >= 0.3 is 6.36 Å². The van der Waals surface area contributed by atoms with Gasteiger partial charge in [-0.05, 0) is 30.2 Å². The molecule has 0 aromatic heterocycles. The lowest BCUT2D eigenvalue weighted by Gasteiger charge is -2.42. The van der Waals surface area contributed by atoms with Gasteiger partial charge in [0.25, 0.3) is 11.8 Å². The Morgan fingerprint density at radius 1 is 1.32 bits per heavy atom. The molecule has 28 heavy (non-hydrogen) atoms. The number of hydrogen-bond donors (Lipinski definition) is 1. The van der Waals surface area contributed by atoms with Crippen LogP contribution in [-0.4, -0.2) is 45.0 Å². The van der Waals surface area contributed by atoms with Crippen LogP contribution in [0.25, 0.3) is 0 Å². The van der Waals surface area contributed by atoms with Crippen molar-refractivity contribution in [2.24, 2.45) is 0 Å². The number of carbonyl (C=O) groups is 2. The second kappa shape index (κ2) is 6.42. The number of amides is 2. The number of benzene rings is 1. The number of allylic oxidation sites excluding steroid dienone is 3. The van der Waals surface area contributed by atoms with Gasteiger partial charge in [0.05, 0.1) is 0 Å². The molecule has 0 spiro atoms. The first-order valence-corrected chi connectivity index (χ1v) is 8.74. The number of ether oxygens (including phenoxy) is 1. The quantitative estimate of drug-likeness (QED) is 0.578. The first kappa shape index (κ1) is 20.5. The molecule has 3 rings (SSSR count). The van der Waals surface area contributed by atoms with E-state index >= 15 is 0 Å². The first-order chi connectivity index (χ1) is 12.9. The van der Waals surface area contributed by atoms with E-state index in [4.69, 9.17) is 23.2 Å². The molecule has 1 N–H and O–H groups in total. The number of alkyl halides is 5. The molecule has 0 bridgehead atoms. The van der Waals surface area contributed by atoms with E-state index in [1.165, 1.54) is 19.2 Å². The summed E-state index contributed by atoms with van der Waals surface area (Å²) < 4.78 is 41.7. The Labute approximate surface area is 168 Å². The van der Waals surface area contributed by atoms with E-state index in [0.717, 1.165) is 23.1 Å². The topological polar surface area (TPSA) is 66.8 Å². The number of fused-ring (bicyclic) bond motifs is 1. The van der Waals surface area contributed by atoms with Crippen LogP contribution in [0.3, 0.4) is 0 Å². The molecule has 10 heteroatoms. The smallest absolute Gasteiger partial charge is 0.508 e. The molecule has 5 nitrogen and oxygen atoms in total. The van der Waals surface area contributed by atoms with Crippen molar-refractivity contribution in [2.75, 3.05) is 7.05 Å². The largest absolute Gasteiger partial charge is 0.573 e. The SMILES string of the molecule is C=CC1=CCC2(Cl)C(=O)N(C)C(=O)C2(Cl)C1c1cc(OC(F)(F)F)ccc1O. The summed E-state index contributed by atoms with van der Waals surface area (Å²) in [5.41, 5.74) is 0.186. The molecule has 1 aliphatic carbocycles. The molecule has 1 aromatic carbocycles. The Balaban J connectivity index is 2.24. The number of phenolic OH excluding ortho intramolecular Hbond substituents is 1. The van der Waals surface area contributed by atoms with Crippen LogP contribution < -0.4 is 4.74 Å². The van der Waals surface area contributed by atoms with Gasteiger partial charge in [-0.2, -0.15) is 0 Å². The molecule has 2 aliphatic rings. The van der Waals surface area contributed by atoms with Crippen LogP contribution in [-0.2, 0) is 9.59 Å². The van der Waals surface area contributed by atoms with Gasteiger partial charge in [0.2, 0.25) is 0 Å². The van der Waals surface area contributed by atoms with Gasteiger partial charge in [-0.3, -0.25) is 14.5 Å². The normalized spacial score (nSPS) is 30.1. The van der Waals surface area contributed by atoms with Gasteiger partial charge in [-0.25, -0.2) is 0 Å². The zero-order valence-electron chi connectivity index (χ0n) is 14.4. The molecule has 150 valence electrons. The van der Waals surface area contributed by atoms with Crippen LogP contribution in [0.5, 0.6) is 11.5 Å².